The summed E-state index contributed by atoms with van der Waals surface area (Å²) >= 11 is 0. The van der Waals surface area contributed by atoms with Crippen LogP contribution in [-0.4, -0.2) is 0 Å². The minimum atomic E-state index is 0.962. The molecule has 1 aromatic heterocycles. The predicted molar refractivity (Wildman–Crippen MR) is 174 cm³/mol. The lowest BCUT2D eigenvalue weighted by molar-refractivity contribution is 0.543. The number of furan rings is 1. The lowest BCUT2D eigenvalue weighted by atomic mass is 9.84. The lowest BCUT2D eigenvalue weighted by Crippen LogP contribution is -2.02. The van der Waals surface area contributed by atoms with Crippen molar-refractivity contribution in [2.75, 3.05) is 0 Å². The van der Waals surface area contributed by atoms with Gasteiger partial charge in [0.05, 0.1) is 0 Å². The minimum Gasteiger partial charge on any atom is -0.460 e. The van der Waals surface area contributed by atoms with Crippen molar-refractivity contribution in [2.45, 2.75) is 25.7 Å². The number of allylic oxidation sites excluding steroid dienone is 5. The molecule has 0 N–H and O–H groups in total. The van der Waals surface area contributed by atoms with Gasteiger partial charge in [-0.05, 0) is 103 Å². The van der Waals surface area contributed by atoms with Gasteiger partial charge in [-0.2, -0.15) is 0 Å². The molecule has 0 spiro atoms. The molecular weight excluding hydrogens is 496 g/mol. The second-order valence-electron chi connectivity index (χ2n) is 11.5. The zero-order valence-corrected chi connectivity index (χ0v) is 22.8. The molecule has 0 unspecified atom stereocenters. The van der Waals surface area contributed by atoms with Crippen molar-refractivity contribution in [2.24, 2.45) is 0 Å². The van der Waals surface area contributed by atoms with E-state index in [1.807, 2.05) is 0 Å². The molecule has 9 rings (SSSR count). The van der Waals surface area contributed by atoms with Crippen LogP contribution in [0.1, 0.15) is 36.1 Å². The van der Waals surface area contributed by atoms with E-state index in [-0.39, 0.29) is 0 Å². The Morgan fingerprint density at radius 1 is 0.463 bits per heavy atom. The third kappa shape index (κ3) is 3.49. The Kier molecular flexibility index (Phi) is 4.92. The standard InChI is InChI=1S/C40H28O/c1-2-8-30-27(7-1)18-22-39-40(30)37-24-29(19-21-38(37)41-39)26-15-13-25(14-16-26)28-17-20-35-33-11-4-3-9-31(33)32-10-5-6-12-34(32)36(35)23-28/h1-13,15,17-18,20,22-24H,14,16,19,21H2. The molecule has 0 aliphatic heterocycles. The molecule has 1 heterocycles. The summed E-state index contributed by atoms with van der Waals surface area (Å²) in [5, 5.41) is 11.8. The van der Waals surface area contributed by atoms with Gasteiger partial charge in [0.15, 0.2) is 0 Å². The SMILES string of the molecule is C1=C(C2=Cc3c(oc4ccc5ccccc5c34)CC2)CCC(c2ccc3c4ccccc4c4ccccc4c3c2)=C1. The van der Waals surface area contributed by atoms with E-state index < -0.39 is 0 Å². The molecule has 6 aromatic carbocycles. The van der Waals surface area contributed by atoms with E-state index in [1.165, 1.54) is 76.3 Å². The van der Waals surface area contributed by atoms with Gasteiger partial charge in [0.25, 0.3) is 0 Å². The maximum absolute atomic E-state index is 6.33. The molecule has 0 saturated carbocycles. The van der Waals surface area contributed by atoms with Gasteiger partial charge in [0, 0.05) is 17.4 Å². The average molecular weight is 525 g/mol. The van der Waals surface area contributed by atoms with Gasteiger partial charge in [-0.15, -0.1) is 0 Å². The van der Waals surface area contributed by atoms with E-state index in [9.17, 15) is 0 Å². The summed E-state index contributed by atoms with van der Waals surface area (Å²) in [4.78, 5) is 0. The minimum absolute atomic E-state index is 0.962. The first-order chi connectivity index (χ1) is 20.3. The fraction of sp³-hybridized carbons (Fsp3) is 0.100. The Morgan fingerprint density at radius 2 is 1.07 bits per heavy atom. The molecule has 1 heteroatoms. The summed E-state index contributed by atoms with van der Waals surface area (Å²) in [7, 11) is 0. The molecule has 7 aromatic rings. The third-order valence-corrected chi connectivity index (χ3v) is 9.31. The number of hydrogen-bond donors (Lipinski definition) is 0. The van der Waals surface area contributed by atoms with E-state index in [0.717, 1.165) is 37.0 Å². The normalized spacial score (nSPS) is 15.4. The molecule has 2 aliphatic rings. The van der Waals surface area contributed by atoms with Crippen molar-refractivity contribution in [3.05, 3.63) is 143 Å². The number of aryl methyl sites for hydroxylation is 1. The summed E-state index contributed by atoms with van der Waals surface area (Å²) < 4.78 is 6.33. The smallest absolute Gasteiger partial charge is 0.135 e. The number of fused-ring (bicyclic) bond motifs is 11. The van der Waals surface area contributed by atoms with Crippen molar-refractivity contribution >= 4 is 65.7 Å². The topological polar surface area (TPSA) is 13.1 Å². The summed E-state index contributed by atoms with van der Waals surface area (Å²) in [5.74, 6) is 1.13. The molecule has 41 heavy (non-hydrogen) atoms. The van der Waals surface area contributed by atoms with Crippen LogP contribution in [0.25, 0.3) is 65.7 Å². The van der Waals surface area contributed by atoms with E-state index in [4.69, 9.17) is 4.42 Å². The van der Waals surface area contributed by atoms with Crippen LogP contribution in [-0.2, 0) is 6.42 Å². The number of hydrogen-bond acceptors (Lipinski definition) is 1. The molecular formula is C40H28O. The molecule has 1 nitrogen and oxygen atoms in total. The Bertz CT molecular complexity index is 2270. The van der Waals surface area contributed by atoms with Crippen molar-refractivity contribution < 1.29 is 4.42 Å². The number of rotatable bonds is 2. The van der Waals surface area contributed by atoms with E-state index in [1.54, 1.807) is 0 Å². The van der Waals surface area contributed by atoms with Crippen LogP contribution in [0.15, 0.2) is 131 Å². The van der Waals surface area contributed by atoms with E-state index in [0.29, 0.717) is 0 Å². The average Bonchev–Trinajstić information content (AvgIpc) is 3.43. The Hall–Kier alpha value is -4.88. The quantitative estimate of drug-likeness (QED) is 0.205. The van der Waals surface area contributed by atoms with Gasteiger partial charge in [-0.3, -0.25) is 0 Å². The highest BCUT2D eigenvalue weighted by molar-refractivity contribution is 6.25. The molecule has 0 radical (unpaired) electrons. The predicted octanol–water partition coefficient (Wildman–Crippen LogP) is 11.2. The van der Waals surface area contributed by atoms with Gasteiger partial charge < -0.3 is 4.42 Å². The fourth-order valence-electron chi connectivity index (χ4n) is 7.28. The van der Waals surface area contributed by atoms with Gasteiger partial charge >= 0.3 is 0 Å². The molecule has 0 fully saturated rings. The molecule has 0 saturated heterocycles. The van der Waals surface area contributed by atoms with Crippen LogP contribution in [0.4, 0.5) is 0 Å². The second-order valence-corrected chi connectivity index (χ2v) is 11.5. The first-order valence-corrected chi connectivity index (χ1v) is 14.7. The lowest BCUT2D eigenvalue weighted by Gasteiger charge is -2.20. The zero-order valence-electron chi connectivity index (χ0n) is 22.8. The Labute approximate surface area is 238 Å². The van der Waals surface area contributed by atoms with Gasteiger partial charge in [-0.1, -0.05) is 103 Å². The summed E-state index contributed by atoms with van der Waals surface area (Å²) in [6.45, 7) is 0. The maximum atomic E-state index is 6.33. The first kappa shape index (κ1) is 22.9. The van der Waals surface area contributed by atoms with Crippen LogP contribution in [0.2, 0.25) is 0 Å². The summed E-state index contributed by atoms with van der Waals surface area (Å²) in [6.07, 6.45) is 11.3. The third-order valence-electron chi connectivity index (χ3n) is 9.31. The highest BCUT2D eigenvalue weighted by Gasteiger charge is 2.22. The van der Waals surface area contributed by atoms with Crippen molar-refractivity contribution in [3.63, 3.8) is 0 Å². The molecule has 194 valence electrons. The second kappa shape index (κ2) is 8.81. The Morgan fingerprint density at radius 3 is 1.80 bits per heavy atom. The molecule has 0 amide bonds. The Balaban J connectivity index is 1.13. The van der Waals surface area contributed by atoms with E-state index in [2.05, 4.69) is 121 Å². The van der Waals surface area contributed by atoms with Crippen molar-refractivity contribution in [1.29, 1.82) is 0 Å². The monoisotopic (exact) mass is 524 g/mol. The summed E-state index contributed by atoms with van der Waals surface area (Å²) in [5.41, 5.74) is 7.96. The highest BCUT2D eigenvalue weighted by atomic mass is 16.3. The van der Waals surface area contributed by atoms with Crippen molar-refractivity contribution in [3.8, 4) is 0 Å². The van der Waals surface area contributed by atoms with Gasteiger partial charge in [0.1, 0.15) is 11.3 Å². The van der Waals surface area contributed by atoms with Crippen LogP contribution in [0.5, 0.6) is 0 Å². The van der Waals surface area contributed by atoms with Crippen LogP contribution >= 0.6 is 0 Å². The number of benzene rings is 6. The van der Waals surface area contributed by atoms with Crippen molar-refractivity contribution in [1.82, 2.24) is 0 Å². The molecule has 0 bridgehead atoms. The van der Waals surface area contributed by atoms with Gasteiger partial charge in [0.2, 0.25) is 0 Å². The van der Waals surface area contributed by atoms with Crippen LogP contribution < -0.4 is 0 Å². The van der Waals surface area contributed by atoms with Gasteiger partial charge in [-0.25, -0.2) is 0 Å². The highest BCUT2D eigenvalue weighted by Crippen LogP contribution is 2.42. The van der Waals surface area contributed by atoms with Crippen LogP contribution in [0.3, 0.4) is 0 Å². The van der Waals surface area contributed by atoms with Crippen LogP contribution in [0, 0.1) is 0 Å². The zero-order chi connectivity index (χ0) is 26.9. The maximum Gasteiger partial charge on any atom is 0.135 e. The van der Waals surface area contributed by atoms with E-state index >= 15 is 0 Å². The fourth-order valence-corrected chi connectivity index (χ4v) is 7.28. The first-order valence-electron chi connectivity index (χ1n) is 14.7. The molecule has 2 aliphatic carbocycles. The largest absolute Gasteiger partial charge is 0.460 e. The summed E-state index contributed by atoms with van der Waals surface area (Å²) in [6, 6.07) is 37.7. The molecule has 0 atom stereocenters.